The molecule has 3 amide bonds. The summed E-state index contributed by atoms with van der Waals surface area (Å²) in [5.74, 6) is -4.63. The van der Waals surface area contributed by atoms with Gasteiger partial charge in [0.15, 0.2) is 5.78 Å². The molecule has 0 unspecified atom stereocenters. The monoisotopic (exact) mass is 448 g/mol. The van der Waals surface area contributed by atoms with Gasteiger partial charge in [0.2, 0.25) is 17.7 Å². The van der Waals surface area contributed by atoms with E-state index >= 15 is 0 Å². The maximum atomic E-state index is 13.1. The number of carbonyl (C=O) groups excluding carboxylic acids is 4. The number of alkyl halides is 3. The highest BCUT2D eigenvalue weighted by atomic mass is 19.4. The minimum atomic E-state index is -5.01. The van der Waals surface area contributed by atoms with Crippen LogP contribution in [0.1, 0.15) is 47.3 Å². The molecule has 0 aromatic carbocycles. The quantitative estimate of drug-likeness (QED) is 0.580. The highest BCUT2D eigenvalue weighted by Crippen LogP contribution is 2.55. The molecule has 174 valence electrons. The van der Waals surface area contributed by atoms with E-state index in [0.29, 0.717) is 25.9 Å². The van der Waals surface area contributed by atoms with Crippen LogP contribution >= 0.6 is 0 Å². The number of nitrogens with one attached hydrogen (secondary N) is 2. The van der Waals surface area contributed by atoms with Gasteiger partial charge in [-0.1, -0.05) is 13.8 Å². The highest BCUT2D eigenvalue weighted by Gasteiger charge is 2.55. The van der Waals surface area contributed by atoms with Gasteiger partial charge in [-0.05, 0) is 37.5 Å². The molecule has 11 heteroatoms. The summed E-state index contributed by atoms with van der Waals surface area (Å²) in [6, 6.07) is -2.29. The molecule has 1 aliphatic carbocycles. The van der Waals surface area contributed by atoms with Crippen LogP contribution in [0.3, 0.4) is 0 Å². The van der Waals surface area contributed by atoms with Crippen LogP contribution in [0.25, 0.3) is 0 Å². The minimum absolute atomic E-state index is 0.159. The van der Waals surface area contributed by atoms with Crippen LogP contribution in [-0.2, 0) is 23.9 Å². The third-order valence-corrected chi connectivity index (χ3v) is 6.22. The number of hydrogen-bond acceptors (Lipinski definition) is 5. The third-order valence-electron chi connectivity index (χ3n) is 6.22. The number of nitrogens with zero attached hydrogens (tertiary/aromatic N) is 1. The van der Waals surface area contributed by atoms with E-state index in [0.717, 1.165) is 12.8 Å². The second kappa shape index (κ2) is 8.76. The summed E-state index contributed by atoms with van der Waals surface area (Å²) in [5.41, 5.74) is -0.187. The topological polar surface area (TPSA) is 105 Å². The standard InChI is InChI=1S/C20H28F3N3O5/c1-11(2)18(30)26-10-19(4-5-19)8-14(26)17(29)25-13(7-12-3-6-24-16(12)28)15(27)9-31-20(21,22)23/h11-14H,3-10H2,1-2H3,(H,24,28)(H,25,29)/t12-,13-,14-/m0/s1/i11D. The van der Waals surface area contributed by atoms with Gasteiger partial charge in [0.25, 0.3) is 0 Å². The van der Waals surface area contributed by atoms with E-state index in [2.05, 4.69) is 15.4 Å². The molecule has 2 heterocycles. The number of likely N-dealkylation sites (tertiary alicyclic amines) is 1. The van der Waals surface area contributed by atoms with Gasteiger partial charge in [-0.2, -0.15) is 0 Å². The Kier molecular flexibility index (Phi) is 6.23. The average molecular weight is 448 g/mol. The number of ketones is 1. The van der Waals surface area contributed by atoms with E-state index in [1.54, 1.807) is 0 Å². The lowest BCUT2D eigenvalue weighted by Crippen LogP contribution is -2.52. The lowest BCUT2D eigenvalue weighted by Gasteiger charge is -2.28. The summed E-state index contributed by atoms with van der Waals surface area (Å²) >= 11 is 0. The zero-order valence-corrected chi connectivity index (χ0v) is 17.5. The summed E-state index contributed by atoms with van der Waals surface area (Å²) in [4.78, 5) is 51.6. The predicted octanol–water partition coefficient (Wildman–Crippen LogP) is 1.14. The third kappa shape index (κ3) is 5.75. The summed E-state index contributed by atoms with van der Waals surface area (Å²) in [5, 5.41) is 5.06. The van der Waals surface area contributed by atoms with Gasteiger partial charge < -0.3 is 15.5 Å². The lowest BCUT2D eigenvalue weighted by atomic mass is 9.95. The van der Waals surface area contributed by atoms with Crippen molar-refractivity contribution in [2.75, 3.05) is 19.7 Å². The van der Waals surface area contributed by atoms with Crippen molar-refractivity contribution in [1.29, 1.82) is 0 Å². The van der Waals surface area contributed by atoms with Crippen LogP contribution in [0.15, 0.2) is 0 Å². The lowest BCUT2D eigenvalue weighted by molar-refractivity contribution is -0.321. The molecule has 31 heavy (non-hydrogen) atoms. The Morgan fingerprint density at radius 3 is 2.55 bits per heavy atom. The molecule has 0 bridgehead atoms. The molecule has 0 aromatic heterocycles. The van der Waals surface area contributed by atoms with Crippen LogP contribution < -0.4 is 10.6 Å². The molecule has 1 saturated carbocycles. The molecule has 2 aliphatic heterocycles. The van der Waals surface area contributed by atoms with Crippen LogP contribution in [-0.4, -0.2) is 66.5 Å². The zero-order chi connectivity index (χ0) is 23.9. The van der Waals surface area contributed by atoms with Gasteiger partial charge in [0, 0.05) is 26.3 Å². The van der Waals surface area contributed by atoms with Crippen molar-refractivity contribution in [3.05, 3.63) is 0 Å². The molecular weight excluding hydrogens is 419 g/mol. The summed E-state index contributed by atoms with van der Waals surface area (Å²) in [6.45, 7) is 2.25. The Labute approximate surface area is 179 Å². The maximum Gasteiger partial charge on any atom is 0.522 e. The van der Waals surface area contributed by atoms with Gasteiger partial charge in [-0.3, -0.25) is 23.9 Å². The first-order chi connectivity index (χ1) is 14.7. The van der Waals surface area contributed by atoms with E-state index in [1.807, 2.05) is 0 Å². The van der Waals surface area contributed by atoms with E-state index in [-0.39, 0.29) is 17.7 Å². The van der Waals surface area contributed by atoms with Gasteiger partial charge >= 0.3 is 6.36 Å². The van der Waals surface area contributed by atoms with Crippen molar-refractivity contribution in [2.45, 2.75) is 64.4 Å². The van der Waals surface area contributed by atoms with Gasteiger partial charge in [0.05, 0.1) is 6.04 Å². The first-order valence-electron chi connectivity index (χ1n) is 10.8. The summed E-state index contributed by atoms with van der Waals surface area (Å²) in [7, 11) is 0. The van der Waals surface area contributed by atoms with E-state index in [9.17, 15) is 32.3 Å². The van der Waals surface area contributed by atoms with Crippen LogP contribution in [0.2, 0.25) is 0 Å². The molecule has 0 aromatic rings. The van der Waals surface area contributed by atoms with Gasteiger partial charge in [-0.15, -0.1) is 13.2 Å². The first-order valence-corrected chi connectivity index (χ1v) is 10.3. The Morgan fingerprint density at radius 1 is 1.35 bits per heavy atom. The molecule has 3 fully saturated rings. The number of rotatable bonds is 8. The second-order valence-corrected chi connectivity index (χ2v) is 8.93. The van der Waals surface area contributed by atoms with Crippen LogP contribution in [0.5, 0.6) is 0 Å². The molecule has 0 radical (unpaired) electrons. The van der Waals surface area contributed by atoms with Crippen LogP contribution in [0, 0.1) is 17.2 Å². The van der Waals surface area contributed by atoms with Crippen molar-refractivity contribution >= 4 is 23.5 Å². The second-order valence-electron chi connectivity index (χ2n) is 8.93. The highest BCUT2D eigenvalue weighted by molar-refractivity contribution is 5.94. The molecule has 2 saturated heterocycles. The van der Waals surface area contributed by atoms with E-state index in [1.165, 1.54) is 18.7 Å². The average Bonchev–Trinajstić information content (AvgIpc) is 3.13. The van der Waals surface area contributed by atoms with E-state index < -0.39 is 54.5 Å². The number of ether oxygens (including phenoxy) is 1. The molecule has 2 N–H and O–H groups in total. The smallest absolute Gasteiger partial charge is 0.356 e. The van der Waals surface area contributed by atoms with Crippen LogP contribution in [0.4, 0.5) is 13.2 Å². The van der Waals surface area contributed by atoms with Gasteiger partial charge in [-0.25, -0.2) is 0 Å². The van der Waals surface area contributed by atoms with Crippen molar-refractivity contribution < 1.29 is 38.5 Å². The molecule has 8 nitrogen and oxygen atoms in total. The largest absolute Gasteiger partial charge is 0.522 e. The van der Waals surface area contributed by atoms with Crippen molar-refractivity contribution in [2.24, 2.45) is 17.2 Å². The van der Waals surface area contributed by atoms with E-state index in [4.69, 9.17) is 1.37 Å². The molecule has 3 atom stereocenters. The molecule has 1 spiro atoms. The summed E-state index contributed by atoms with van der Waals surface area (Å²) in [6.07, 6.45) is -2.74. The van der Waals surface area contributed by atoms with Gasteiger partial charge in [0.1, 0.15) is 12.6 Å². The fourth-order valence-corrected chi connectivity index (χ4v) is 4.28. The summed E-state index contributed by atoms with van der Waals surface area (Å²) < 4.78 is 48.9. The van der Waals surface area contributed by atoms with Crippen molar-refractivity contribution in [1.82, 2.24) is 15.5 Å². The Bertz CT molecular complexity index is 794. The number of amides is 3. The number of carbonyl (C=O) groups is 4. The normalized spacial score (nSPS) is 26.4. The number of halogens is 3. The van der Waals surface area contributed by atoms with Crippen molar-refractivity contribution in [3.63, 3.8) is 0 Å². The fraction of sp³-hybridized carbons (Fsp3) is 0.800. The Hall–Kier alpha value is -2.17. The molecule has 3 aliphatic rings. The predicted molar refractivity (Wildman–Crippen MR) is 101 cm³/mol. The number of Topliss-reactive ketones (excluding diaryl/α,β-unsaturated/α-hetero) is 1. The Morgan fingerprint density at radius 2 is 2.03 bits per heavy atom. The SMILES string of the molecule is [2H]C(C)(C)C(=O)N1CC2(CC2)C[C@H]1C(=O)N[C@@H](C[C@@H]1CCNC1=O)C(=O)COC(F)(F)F. The zero-order valence-electron chi connectivity index (χ0n) is 18.5. The van der Waals surface area contributed by atoms with Crippen molar-refractivity contribution in [3.8, 4) is 0 Å². The Balaban J connectivity index is 1.74. The number of hydrogen-bond donors (Lipinski definition) is 2. The fourth-order valence-electron chi connectivity index (χ4n) is 4.28. The maximum absolute atomic E-state index is 13.1. The molecular formula is C20H28F3N3O5. The molecule has 3 rings (SSSR count). The minimum Gasteiger partial charge on any atom is -0.356 e. The first kappa shape index (κ1) is 22.0.